The number of carbonyl (C=O) groups is 1. The molecule has 0 aromatic rings. The van der Waals surface area contributed by atoms with Crippen molar-refractivity contribution in [3.63, 3.8) is 0 Å². The number of amides is 1. The molecule has 1 heterocycles. The minimum atomic E-state index is -0.687. The maximum atomic E-state index is 11.1. The molecule has 1 rings (SSSR count). The third-order valence-corrected chi connectivity index (χ3v) is 2.08. The van der Waals surface area contributed by atoms with Gasteiger partial charge in [-0.15, -0.1) is 0 Å². The van der Waals surface area contributed by atoms with Crippen molar-refractivity contribution in [1.82, 2.24) is 5.43 Å². The third kappa shape index (κ3) is 1.70. The summed E-state index contributed by atoms with van der Waals surface area (Å²) in [5, 5.41) is 0. The van der Waals surface area contributed by atoms with E-state index in [1.165, 1.54) is 0 Å². The highest BCUT2D eigenvalue weighted by atomic mass is 16.5. The fraction of sp³-hybridized carbons (Fsp3) is 0.857. The zero-order valence-electron chi connectivity index (χ0n) is 6.72. The second-order valence-electron chi connectivity index (χ2n) is 3.01. The van der Waals surface area contributed by atoms with Gasteiger partial charge in [-0.3, -0.25) is 10.2 Å². The summed E-state index contributed by atoms with van der Waals surface area (Å²) in [5.41, 5.74) is 1.42. The molecular weight excluding hydrogens is 144 g/mol. The van der Waals surface area contributed by atoms with Crippen LogP contribution in [-0.2, 0) is 9.53 Å². The molecule has 0 unspecified atom stereocenters. The van der Waals surface area contributed by atoms with Crippen LogP contribution >= 0.6 is 0 Å². The Morgan fingerprint density at radius 2 is 2.36 bits per heavy atom. The van der Waals surface area contributed by atoms with Crippen LogP contribution < -0.4 is 11.3 Å². The van der Waals surface area contributed by atoms with Gasteiger partial charge in [-0.25, -0.2) is 5.84 Å². The van der Waals surface area contributed by atoms with Crippen LogP contribution in [0.2, 0.25) is 0 Å². The number of ether oxygens (including phenoxy) is 1. The molecule has 1 fully saturated rings. The molecular formula is C7H14N2O2. The lowest BCUT2D eigenvalue weighted by atomic mass is 9.95. The minimum absolute atomic E-state index is 0.225. The van der Waals surface area contributed by atoms with E-state index in [9.17, 15) is 4.79 Å². The molecule has 0 aliphatic carbocycles. The summed E-state index contributed by atoms with van der Waals surface area (Å²) >= 11 is 0. The van der Waals surface area contributed by atoms with Crippen LogP contribution in [0.25, 0.3) is 0 Å². The van der Waals surface area contributed by atoms with Crippen molar-refractivity contribution in [3.05, 3.63) is 0 Å². The topological polar surface area (TPSA) is 64.4 Å². The van der Waals surface area contributed by atoms with Crippen molar-refractivity contribution in [2.45, 2.75) is 31.8 Å². The van der Waals surface area contributed by atoms with E-state index < -0.39 is 5.60 Å². The maximum Gasteiger partial charge on any atom is 0.265 e. The zero-order chi connectivity index (χ0) is 8.32. The molecule has 0 aromatic carbocycles. The molecule has 4 nitrogen and oxygen atoms in total. The minimum Gasteiger partial charge on any atom is -0.365 e. The van der Waals surface area contributed by atoms with Gasteiger partial charge in [0.15, 0.2) is 0 Å². The fourth-order valence-electron chi connectivity index (χ4n) is 1.27. The van der Waals surface area contributed by atoms with Gasteiger partial charge >= 0.3 is 0 Å². The molecule has 0 spiro atoms. The quantitative estimate of drug-likeness (QED) is 0.319. The Balaban J connectivity index is 2.56. The second-order valence-corrected chi connectivity index (χ2v) is 3.01. The standard InChI is InChI=1S/C7H14N2O2/c1-7(6(10)9-8)4-2-3-5-11-7/h2-5,8H2,1H3,(H,9,10)/t7-/m0/s1. The summed E-state index contributed by atoms with van der Waals surface area (Å²) < 4.78 is 5.33. The Bertz CT molecular complexity index is 153. The van der Waals surface area contributed by atoms with E-state index in [0.29, 0.717) is 6.61 Å². The number of hydrazine groups is 1. The van der Waals surface area contributed by atoms with Crippen LogP contribution in [0.5, 0.6) is 0 Å². The van der Waals surface area contributed by atoms with Gasteiger partial charge in [-0.1, -0.05) is 0 Å². The predicted octanol–water partition coefficient (Wildman–Crippen LogP) is -0.0645. The smallest absolute Gasteiger partial charge is 0.265 e. The molecule has 0 saturated carbocycles. The number of nitrogens with two attached hydrogens (primary N) is 1. The van der Waals surface area contributed by atoms with Crippen molar-refractivity contribution in [3.8, 4) is 0 Å². The first-order valence-electron chi connectivity index (χ1n) is 3.84. The molecule has 3 N–H and O–H groups in total. The first-order valence-corrected chi connectivity index (χ1v) is 3.84. The number of carbonyl (C=O) groups excluding carboxylic acids is 1. The molecule has 1 aliphatic heterocycles. The highest BCUT2D eigenvalue weighted by Crippen LogP contribution is 2.23. The van der Waals surface area contributed by atoms with Gasteiger partial charge in [0, 0.05) is 6.61 Å². The van der Waals surface area contributed by atoms with Crippen molar-refractivity contribution in [2.75, 3.05) is 6.61 Å². The van der Waals surface area contributed by atoms with Gasteiger partial charge in [-0.2, -0.15) is 0 Å². The number of hydrogen-bond acceptors (Lipinski definition) is 3. The van der Waals surface area contributed by atoms with Crippen LogP contribution in [0.4, 0.5) is 0 Å². The van der Waals surface area contributed by atoms with Crippen LogP contribution in [-0.4, -0.2) is 18.1 Å². The summed E-state index contributed by atoms with van der Waals surface area (Å²) in [6.45, 7) is 2.43. The van der Waals surface area contributed by atoms with Crippen LogP contribution in [0.3, 0.4) is 0 Å². The van der Waals surface area contributed by atoms with E-state index in [1.807, 2.05) is 0 Å². The van der Waals surface area contributed by atoms with Crippen LogP contribution in [0.15, 0.2) is 0 Å². The van der Waals surface area contributed by atoms with Crippen molar-refractivity contribution in [1.29, 1.82) is 0 Å². The molecule has 1 saturated heterocycles. The monoisotopic (exact) mass is 158 g/mol. The van der Waals surface area contributed by atoms with E-state index >= 15 is 0 Å². The predicted molar refractivity (Wildman–Crippen MR) is 40.5 cm³/mol. The van der Waals surface area contributed by atoms with Crippen molar-refractivity contribution >= 4 is 5.91 Å². The molecule has 0 bridgehead atoms. The van der Waals surface area contributed by atoms with Crippen LogP contribution in [0, 0.1) is 0 Å². The Labute approximate surface area is 66.1 Å². The largest absolute Gasteiger partial charge is 0.365 e. The van der Waals surface area contributed by atoms with Gasteiger partial charge in [0.1, 0.15) is 5.60 Å². The lowest BCUT2D eigenvalue weighted by Crippen LogP contribution is -2.50. The van der Waals surface area contributed by atoms with E-state index in [0.717, 1.165) is 19.3 Å². The van der Waals surface area contributed by atoms with E-state index in [4.69, 9.17) is 10.6 Å². The Kier molecular flexibility index (Phi) is 2.46. The summed E-state index contributed by atoms with van der Waals surface area (Å²) in [7, 11) is 0. The van der Waals surface area contributed by atoms with Gasteiger partial charge in [0.05, 0.1) is 0 Å². The van der Waals surface area contributed by atoms with E-state index in [2.05, 4.69) is 5.43 Å². The maximum absolute atomic E-state index is 11.1. The lowest BCUT2D eigenvalue weighted by molar-refractivity contribution is -0.150. The number of nitrogens with one attached hydrogen (secondary N) is 1. The van der Waals surface area contributed by atoms with E-state index in [1.54, 1.807) is 6.92 Å². The molecule has 0 aromatic heterocycles. The first-order chi connectivity index (χ1) is 5.19. The molecule has 64 valence electrons. The lowest BCUT2D eigenvalue weighted by Gasteiger charge is -2.31. The summed E-state index contributed by atoms with van der Waals surface area (Å²) in [6.07, 6.45) is 2.83. The average Bonchev–Trinajstić information content (AvgIpc) is 2.04. The normalized spacial score (nSPS) is 31.5. The fourth-order valence-corrected chi connectivity index (χ4v) is 1.27. The Morgan fingerprint density at radius 1 is 1.64 bits per heavy atom. The molecule has 11 heavy (non-hydrogen) atoms. The molecule has 1 aliphatic rings. The Morgan fingerprint density at radius 3 is 2.82 bits per heavy atom. The number of hydrogen-bond donors (Lipinski definition) is 2. The first kappa shape index (κ1) is 8.49. The average molecular weight is 158 g/mol. The van der Waals surface area contributed by atoms with Gasteiger partial charge < -0.3 is 4.74 Å². The number of rotatable bonds is 1. The third-order valence-electron chi connectivity index (χ3n) is 2.08. The van der Waals surface area contributed by atoms with Crippen LogP contribution in [0.1, 0.15) is 26.2 Å². The SMILES string of the molecule is C[C@@]1(C(=O)NN)CCCCO1. The van der Waals surface area contributed by atoms with Gasteiger partial charge in [0.2, 0.25) is 0 Å². The highest BCUT2D eigenvalue weighted by Gasteiger charge is 2.35. The summed E-state index contributed by atoms with van der Waals surface area (Å²) in [6, 6.07) is 0. The second kappa shape index (κ2) is 3.19. The van der Waals surface area contributed by atoms with Gasteiger partial charge in [0.25, 0.3) is 5.91 Å². The van der Waals surface area contributed by atoms with Crippen molar-refractivity contribution in [2.24, 2.45) is 5.84 Å². The van der Waals surface area contributed by atoms with Crippen molar-refractivity contribution < 1.29 is 9.53 Å². The molecule has 4 heteroatoms. The highest BCUT2D eigenvalue weighted by molar-refractivity contribution is 5.84. The summed E-state index contributed by atoms with van der Waals surface area (Å²) in [5.74, 6) is 4.78. The van der Waals surface area contributed by atoms with E-state index in [-0.39, 0.29) is 5.91 Å². The Hall–Kier alpha value is -0.610. The molecule has 0 radical (unpaired) electrons. The zero-order valence-corrected chi connectivity index (χ0v) is 6.72. The van der Waals surface area contributed by atoms with Gasteiger partial charge in [-0.05, 0) is 26.2 Å². The molecule has 1 atom stereocenters. The summed E-state index contributed by atoms with van der Waals surface area (Å²) in [4.78, 5) is 11.1. The molecule has 1 amide bonds.